The molecule has 1 unspecified atom stereocenters. The lowest BCUT2D eigenvalue weighted by atomic mass is 9.96. The molecule has 184 valence electrons. The number of carbonyl (C=O) groups is 1. The van der Waals surface area contributed by atoms with Crippen LogP contribution in [-0.2, 0) is 4.74 Å². The SMILES string of the molecule is COc1ccccc1C1c2c(oc3c(ccc4ccccc43)c2=O)C(=O)N1CCCN1CCOCC1. The molecule has 3 aromatic carbocycles. The van der Waals surface area contributed by atoms with E-state index in [-0.39, 0.29) is 17.1 Å². The molecule has 7 heteroatoms. The van der Waals surface area contributed by atoms with E-state index >= 15 is 0 Å². The summed E-state index contributed by atoms with van der Waals surface area (Å²) in [4.78, 5) is 31.9. The first kappa shape index (κ1) is 22.8. The molecule has 2 aliphatic rings. The topological polar surface area (TPSA) is 72.2 Å². The van der Waals surface area contributed by atoms with Gasteiger partial charge in [-0.3, -0.25) is 14.5 Å². The predicted molar refractivity (Wildman–Crippen MR) is 138 cm³/mol. The average Bonchev–Trinajstić information content (AvgIpc) is 3.20. The normalized spacial score (nSPS) is 18.2. The number of benzene rings is 3. The van der Waals surface area contributed by atoms with Crippen LogP contribution < -0.4 is 10.2 Å². The van der Waals surface area contributed by atoms with Crippen molar-refractivity contribution >= 4 is 27.6 Å². The molecular weight excluding hydrogens is 456 g/mol. The number of carbonyl (C=O) groups excluding carboxylic acids is 1. The molecule has 0 bridgehead atoms. The molecule has 1 saturated heterocycles. The highest BCUT2D eigenvalue weighted by molar-refractivity contribution is 6.06. The van der Waals surface area contributed by atoms with Gasteiger partial charge in [-0.05, 0) is 23.9 Å². The summed E-state index contributed by atoms with van der Waals surface area (Å²) in [5.74, 6) is 0.514. The molecule has 0 N–H and O–H groups in total. The van der Waals surface area contributed by atoms with Gasteiger partial charge in [-0.25, -0.2) is 0 Å². The molecule has 1 aromatic heterocycles. The smallest absolute Gasteiger partial charge is 0.290 e. The zero-order chi connectivity index (χ0) is 24.6. The highest BCUT2D eigenvalue weighted by Crippen LogP contribution is 2.42. The Morgan fingerprint density at radius 1 is 0.917 bits per heavy atom. The van der Waals surface area contributed by atoms with Crippen LogP contribution in [0.2, 0.25) is 0 Å². The van der Waals surface area contributed by atoms with E-state index in [9.17, 15) is 9.59 Å². The van der Waals surface area contributed by atoms with Crippen molar-refractivity contribution in [3.8, 4) is 5.75 Å². The van der Waals surface area contributed by atoms with Gasteiger partial charge in [0.05, 0.1) is 37.3 Å². The number of ether oxygens (including phenoxy) is 2. The molecule has 6 rings (SSSR count). The minimum Gasteiger partial charge on any atom is -0.496 e. The number of methoxy groups -OCH3 is 1. The fourth-order valence-electron chi connectivity index (χ4n) is 5.48. The van der Waals surface area contributed by atoms with Crippen LogP contribution in [0.3, 0.4) is 0 Å². The average molecular weight is 485 g/mol. The Bertz CT molecular complexity index is 1510. The first-order chi connectivity index (χ1) is 17.7. The Morgan fingerprint density at radius 3 is 2.53 bits per heavy atom. The van der Waals surface area contributed by atoms with E-state index < -0.39 is 6.04 Å². The minimum atomic E-state index is -0.569. The number of rotatable bonds is 6. The van der Waals surface area contributed by atoms with E-state index in [0.717, 1.165) is 55.6 Å². The highest BCUT2D eigenvalue weighted by atomic mass is 16.5. The Morgan fingerprint density at radius 2 is 1.69 bits per heavy atom. The van der Waals surface area contributed by atoms with Crippen molar-refractivity contribution in [2.24, 2.45) is 0 Å². The van der Waals surface area contributed by atoms with Gasteiger partial charge in [-0.2, -0.15) is 0 Å². The number of morpholine rings is 1. The summed E-state index contributed by atoms with van der Waals surface area (Å²) in [5.41, 5.74) is 1.46. The van der Waals surface area contributed by atoms with Gasteiger partial charge >= 0.3 is 0 Å². The van der Waals surface area contributed by atoms with E-state index in [0.29, 0.717) is 28.8 Å². The Hall–Kier alpha value is -3.68. The van der Waals surface area contributed by atoms with Gasteiger partial charge in [0.1, 0.15) is 11.3 Å². The minimum absolute atomic E-state index is 0.131. The van der Waals surface area contributed by atoms with Crippen molar-refractivity contribution in [1.29, 1.82) is 0 Å². The van der Waals surface area contributed by atoms with Crippen LogP contribution in [0.4, 0.5) is 0 Å². The first-order valence-corrected chi connectivity index (χ1v) is 12.4. The standard InChI is InChI=1S/C29H28N2O5/c1-34-23-10-5-4-9-21(23)25-24-26(32)22-12-11-19-7-2-3-8-20(19)27(22)36-28(24)29(33)31(25)14-6-13-30-15-17-35-18-16-30/h2-5,7-12,25H,6,13-18H2,1H3. The van der Waals surface area contributed by atoms with Gasteiger partial charge < -0.3 is 18.8 Å². The van der Waals surface area contributed by atoms with Crippen LogP contribution in [0.25, 0.3) is 21.7 Å². The van der Waals surface area contributed by atoms with Crippen molar-refractivity contribution in [1.82, 2.24) is 9.80 Å². The lowest BCUT2D eigenvalue weighted by molar-refractivity contribution is 0.0353. The highest BCUT2D eigenvalue weighted by Gasteiger charge is 2.43. The number of para-hydroxylation sites is 1. The molecule has 0 radical (unpaired) electrons. The number of hydrogen-bond acceptors (Lipinski definition) is 6. The first-order valence-electron chi connectivity index (χ1n) is 12.4. The zero-order valence-corrected chi connectivity index (χ0v) is 20.2. The van der Waals surface area contributed by atoms with Crippen LogP contribution in [0, 0.1) is 0 Å². The van der Waals surface area contributed by atoms with Gasteiger partial charge in [-0.15, -0.1) is 0 Å². The number of amides is 1. The third kappa shape index (κ3) is 3.75. The molecule has 4 aromatic rings. The lowest BCUT2D eigenvalue weighted by Crippen LogP contribution is -2.38. The van der Waals surface area contributed by atoms with Crippen molar-refractivity contribution in [2.75, 3.05) is 46.5 Å². The molecule has 36 heavy (non-hydrogen) atoms. The summed E-state index contributed by atoms with van der Waals surface area (Å²) in [5, 5.41) is 2.26. The van der Waals surface area contributed by atoms with Crippen LogP contribution in [0.5, 0.6) is 5.75 Å². The van der Waals surface area contributed by atoms with Crippen molar-refractivity contribution < 1.29 is 18.7 Å². The Labute approximate surface area is 208 Å². The largest absolute Gasteiger partial charge is 0.496 e. The van der Waals surface area contributed by atoms with Crippen LogP contribution in [0.15, 0.2) is 69.9 Å². The quantitative estimate of drug-likeness (QED) is 0.382. The predicted octanol–water partition coefficient (Wildman–Crippen LogP) is 4.22. The summed E-state index contributed by atoms with van der Waals surface area (Å²) < 4.78 is 17.4. The van der Waals surface area contributed by atoms with Crippen LogP contribution >= 0.6 is 0 Å². The molecule has 0 saturated carbocycles. The lowest BCUT2D eigenvalue weighted by Gasteiger charge is -2.29. The van der Waals surface area contributed by atoms with Gasteiger partial charge in [-0.1, -0.05) is 48.5 Å². The molecule has 7 nitrogen and oxygen atoms in total. The molecule has 1 atom stereocenters. The van der Waals surface area contributed by atoms with Gasteiger partial charge in [0, 0.05) is 37.1 Å². The Kier molecular flexibility index (Phi) is 5.95. The summed E-state index contributed by atoms with van der Waals surface area (Å²) >= 11 is 0. The van der Waals surface area contributed by atoms with Crippen molar-refractivity contribution in [3.05, 3.63) is 87.8 Å². The van der Waals surface area contributed by atoms with Gasteiger partial charge in [0.25, 0.3) is 5.91 Å². The second kappa shape index (κ2) is 9.41. The molecule has 1 fully saturated rings. The maximum atomic E-state index is 14.0. The molecular formula is C29H28N2O5. The molecule has 3 heterocycles. The number of hydrogen-bond donors (Lipinski definition) is 0. The maximum Gasteiger partial charge on any atom is 0.290 e. The number of fused-ring (bicyclic) bond motifs is 4. The summed E-state index contributed by atoms with van der Waals surface area (Å²) in [6.07, 6.45) is 0.780. The summed E-state index contributed by atoms with van der Waals surface area (Å²) in [6, 6.07) is 18.5. The zero-order valence-electron chi connectivity index (χ0n) is 20.2. The fourth-order valence-corrected chi connectivity index (χ4v) is 5.48. The third-order valence-corrected chi connectivity index (χ3v) is 7.27. The van der Waals surface area contributed by atoms with E-state index in [1.165, 1.54) is 0 Å². The van der Waals surface area contributed by atoms with E-state index in [4.69, 9.17) is 13.9 Å². The van der Waals surface area contributed by atoms with Crippen LogP contribution in [0.1, 0.15) is 34.1 Å². The van der Waals surface area contributed by atoms with Gasteiger partial charge in [0.2, 0.25) is 5.76 Å². The Balaban J connectivity index is 1.47. The second-order valence-electron chi connectivity index (χ2n) is 9.29. The fraction of sp³-hybridized carbons (Fsp3) is 0.310. The molecule has 0 spiro atoms. The molecule has 1 amide bonds. The second-order valence-corrected chi connectivity index (χ2v) is 9.29. The van der Waals surface area contributed by atoms with E-state index in [1.807, 2.05) is 54.6 Å². The summed E-state index contributed by atoms with van der Waals surface area (Å²) in [7, 11) is 1.61. The molecule has 0 aliphatic carbocycles. The van der Waals surface area contributed by atoms with E-state index in [2.05, 4.69) is 4.90 Å². The van der Waals surface area contributed by atoms with Crippen LogP contribution in [-0.4, -0.2) is 62.2 Å². The van der Waals surface area contributed by atoms with E-state index in [1.54, 1.807) is 18.1 Å². The summed E-state index contributed by atoms with van der Waals surface area (Å²) in [6.45, 7) is 4.61. The molecule has 2 aliphatic heterocycles. The third-order valence-electron chi connectivity index (χ3n) is 7.27. The van der Waals surface area contributed by atoms with Crippen molar-refractivity contribution in [2.45, 2.75) is 12.5 Å². The van der Waals surface area contributed by atoms with Gasteiger partial charge in [0.15, 0.2) is 5.43 Å². The number of nitrogens with zero attached hydrogens (tertiary/aromatic N) is 2. The monoisotopic (exact) mass is 484 g/mol. The van der Waals surface area contributed by atoms with Crippen molar-refractivity contribution in [3.63, 3.8) is 0 Å². The maximum absolute atomic E-state index is 14.0.